The number of hydrogen-bond acceptors (Lipinski definition) is 8. The van der Waals surface area contributed by atoms with Gasteiger partial charge in [-0.25, -0.2) is 9.78 Å². The minimum atomic E-state index is -0.847. The number of carbonyl (C=O) groups excluding carboxylic acids is 3. The van der Waals surface area contributed by atoms with Crippen LogP contribution in [0.15, 0.2) is 36.5 Å². The molecule has 4 N–H and O–H groups in total. The molecular formula is C25H30Cl2FN5O5. The van der Waals surface area contributed by atoms with Crippen molar-refractivity contribution in [3.63, 3.8) is 0 Å². The van der Waals surface area contributed by atoms with Gasteiger partial charge in [0, 0.05) is 42.1 Å². The van der Waals surface area contributed by atoms with Gasteiger partial charge in [-0.3, -0.25) is 19.4 Å². The van der Waals surface area contributed by atoms with Crippen LogP contribution in [0.5, 0.6) is 5.88 Å². The van der Waals surface area contributed by atoms with Crippen LogP contribution in [-0.4, -0.2) is 60.0 Å². The van der Waals surface area contributed by atoms with Gasteiger partial charge in [-0.15, -0.1) is 0 Å². The topological polar surface area (TPSA) is 136 Å². The average Bonchev–Trinajstić information content (AvgIpc) is 2.85. The van der Waals surface area contributed by atoms with Gasteiger partial charge < -0.3 is 21.1 Å². The number of likely N-dealkylation sites (tertiary alicyclic amines) is 1. The van der Waals surface area contributed by atoms with Crippen LogP contribution in [0.25, 0.3) is 0 Å². The van der Waals surface area contributed by atoms with Gasteiger partial charge in [0.05, 0.1) is 5.02 Å². The van der Waals surface area contributed by atoms with Crippen molar-refractivity contribution in [2.45, 2.75) is 44.9 Å². The van der Waals surface area contributed by atoms with Gasteiger partial charge in [0.2, 0.25) is 12.3 Å². The molecule has 206 valence electrons. The molecule has 10 nitrogen and oxygen atoms in total. The lowest BCUT2D eigenvalue weighted by Crippen LogP contribution is -2.65. The van der Waals surface area contributed by atoms with Gasteiger partial charge >= 0.3 is 5.97 Å². The molecule has 1 aromatic carbocycles. The molecule has 13 heteroatoms. The maximum Gasteiger partial charge on any atom is 0.362 e. The molecule has 0 radical (unpaired) electrons. The zero-order chi connectivity index (χ0) is 27.7. The fourth-order valence-corrected chi connectivity index (χ4v) is 5.25. The standard InChI is InChI=1S/C24H27Cl2FN4O4.CH3NO/c1-2-20(34-23-19(26)7-16(25)11-29-23)22(33)28-10-15-4-3-5-17(6-15)30-18-8-24(9-18)13-31(14-24)12-21(32)35-27;2-1-3/h3-7,11,18,20,30H,2,8-10,12-14H2,1H3,(H,28,33);1H,(H2,2,3). The first-order chi connectivity index (χ1) is 18.2. The second-order valence-corrected chi connectivity index (χ2v) is 10.2. The largest absolute Gasteiger partial charge is 0.463 e. The van der Waals surface area contributed by atoms with Crippen molar-refractivity contribution in [3.05, 3.63) is 52.1 Å². The van der Waals surface area contributed by atoms with Gasteiger partial charge in [0.25, 0.3) is 5.91 Å². The van der Waals surface area contributed by atoms with Crippen LogP contribution in [0.1, 0.15) is 31.7 Å². The third-order valence-electron chi connectivity index (χ3n) is 6.37. The Balaban J connectivity index is 0.00000127. The molecular weight excluding hydrogens is 540 g/mol. The fourth-order valence-electron chi connectivity index (χ4n) is 4.82. The van der Waals surface area contributed by atoms with Crippen molar-refractivity contribution in [1.82, 2.24) is 15.2 Å². The molecule has 1 saturated carbocycles. The number of primary amides is 1. The number of amides is 2. The molecule has 1 atom stereocenters. The number of nitrogens with one attached hydrogen (secondary N) is 2. The van der Waals surface area contributed by atoms with E-state index in [4.69, 9.17) is 32.7 Å². The van der Waals surface area contributed by atoms with E-state index in [0.29, 0.717) is 24.0 Å². The molecule has 1 aliphatic heterocycles. The zero-order valence-electron chi connectivity index (χ0n) is 20.8. The summed E-state index contributed by atoms with van der Waals surface area (Å²) in [6.07, 6.45) is 3.36. The van der Waals surface area contributed by atoms with Crippen LogP contribution in [0.4, 0.5) is 10.2 Å². The predicted octanol–water partition coefficient (Wildman–Crippen LogP) is 3.27. The second-order valence-electron chi connectivity index (χ2n) is 9.35. The Morgan fingerprint density at radius 3 is 2.66 bits per heavy atom. The molecule has 2 heterocycles. The molecule has 1 spiro atoms. The van der Waals surface area contributed by atoms with Gasteiger partial charge in [-0.1, -0.05) is 42.3 Å². The summed E-state index contributed by atoms with van der Waals surface area (Å²) in [4.78, 5) is 41.5. The molecule has 1 saturated heterocycles. The zero-order valence-corrected chi connectivity index (χ0v) is 22.3. The van der Waals surface area contributed by atoms with E-state index in [0.717, 1.165) is 37.2 Å². The van der Waals surface area contributed by atoms with Crippen molar-refractivity contribution in [1.29, 1.82) is 0 Å². The number of pyridine rings is 1. The number of ether oxygens (including phenoxy) is 1. The molecule has 0 bridgehead atoms. The van der Waals surface area contributed by atoms with E-state index >= 15 is 0 Å². The molecule has 38 heavy (non-hydrogen) atoms. The molecule has 4 rings (SSSR count). The van der Waals surface area contributed by atoms with E-state index in [1.807, 2.05) is 36.1 Å². The summed E-state index contributed by atoms with van der Waals surface area (Å²) in [6, 6.07) is 9.74. The Morgan fingerprint density at radius 2 is 2.03 bits per heavy atom. The Bertz CT molecular complexity index is 1130. The van der Waals surface area contributed by atoms with Crippen molar-refractivity contribution in [2.24, 2.45) is 11.1 Å². The first kappa shape index (κ1) is 29.4. The molecule has 2 aromatic rings. The van der Waals surface area contributed by atoms with Crippen molar-refractivity contribution >= 4 is 47.2 Å². The van der Waals surface area contributed by atoms with Crippen LogP contribution in [0.2, 0.25) is 10.0 Å². The number of nitrogens with two attached hydrogens (primary N) is 1. The Labute approximate surface area is 229 Å². The van der Waals surface area contributed by atoms with Crippen molar-refractivity contribution in [2.75, 3.05) is 25.0 Å². The third kappa shape index (κ3) is 7.92. The van der Waals surface area contributed by atoms with Gasteiger partial charge in [-0.05, 0) is 48.4 Å². The predicted molar refractivity (Wildman–Crippen MR) is 140 cm³/mol. The number of aromatic nitrogens is 1. The lowest BCUT2D eigenvalue weighted by Gasteiger charge is -2.59. The summed E-state index contributed by atoms with van der Waals surface area (Å²) in [6.45, 7) is 3.76. The Hall–Kier alpha value is -3.15. The van der Waals surface area contributed by atoms with E-state index in [1.165, 1.54) is 12.3 Å². The summed E-state index contributed by atoms with van der Waals surface area (Å²) in [5, 5.41) is 7.08. The number of halogens is 3. The molecule has 1 aliphatic carbocycles. The minimum absolute atomic E-state index is 0.00269. The third-order valence-corrected chi connectivity index (χ3v) is 6.85. The maximum absolute atomic E-state index is 12.7. The second kappa shape index (κ2) is 13.6. The smallest absolute Gasteiger partial charge is 0.362 e. The molecule has 2 fully saturated rings. The number of benzene rings is 1. The first-order valence-corrected chi connectivity index (χ1v) is 12.8. The van der Waals surface area contributed by atoms with E-state index in [9.17, 15) is 14.1 Å². The Kier molecular flexibility index (Phi) is 10.5. The quantitative estimate of drug-likeness (QED) is 0.371. The first-order valence-electron chi connectivity index (χ1n) is 12.0. The van der Waals surface area contributed by atoms with Crippen LogP contribution < -0.4 is 21.1 Å². The summed E-state index contributed by atoms with van der Waals surface area (Å²) in [5.74, 6) is -0.940. The molecule has 2 amide bonds. The number of nitrogens with zero attached hydrogens (tertiary/aromatic N) is 2. The number of rotatable bonds is 10. The minimum Gasteiger partial charge on any atom is -0.463 e. The maximum atomic E-state index is 12.7. The highest BCUT2D eigenvalue weighted by Crippen LogP contribution is 2.49. The summed E-state index contributed by atoms with van der Waals surface area (Å²) in [7, 11) is 0. The summed E-state index contributed by atoms with van der Waals surface area (Å²) >= 11 is 12.0. The molecule has 1 aromatic heterocycles. The number of hydrogen-bond donors (Lipinski definition) is 3. The van der Waals surface area contributed by atoms with Crippen molar-refractivity contribution in [3.8, 4) is 5.88 Å². The molecule has 2 aliphatic rings. The highest BCUT2D eigenvalue weighted by atomic mass is 35.5. The Morgan fingerprint density at radius 1 is 1.32 bits per heavy atom. The highest BCUT2D eigenvalue weighted by Gasteiger charge is 2.52. The molecule has 1 unspecified atom stereocenters. The normalized spacial score (nSPS) is 16.6. The number of anilines is 1. The highest BCUT2D eigenvalue weighted by molar-refractivity contribution is 6.35. The van der Waals surface area contributed by atoms with Crippen molar-refractivity contribution < 1.29 is 28.6 Å². The lowest BCUT2D eigenvalue weighted by atomic mass is 9.60. The fraction of sp³-hybridized carbons (Fsp3) is 0.440. The van der Waals surface area contributed by atoms with Gasteiger partial charge in [0.15, 0.2) is 6.10 Å². The van der Waals surface area contributed by atoms with E-state index in [-0.39, 0.29) is 35.2 Å². The van der Waals surface area contributed by atoms with E-state index < -0.39 is 12.1 Å². The van der Waals surface area contributed by atoms with Gasteiger partial charge in [-0.2, -0.15) is 0 Å². The SMILES string of the molecule is CCC(Oc1ncc(Cl)cc1Cl)C(=O)NCc1cccc(NC2CC3(C2)CN(CC(=O)OF)C3)c1.NC=O. The van der Waals surface area contributed by atoms with Crippen LogP contribution in [-0.2, 0) is 25.9 Å². The average molecular weight is 570 g/mol. The lowest BCUT2D eigenvalue weighted by molar-refractivity contribution is -0.189. The van der Waals surface area contributed by atoms with E-state index in [2.05, 4.69) is 26.3 Å². The monoisotopic (exact) mass is 569 g/mol. The van der Waals surface area contributed by atoms with Crippen LogP contribution in [0.3, 0.4) is 0 Å². The summed E-state index contributed by atoms with van der Waals surface area (Å²) in [5.41, 5.74) is 6.31. The van der Waals surface area contributed by atoms with Crippen LogP contribution in [0, 0.1) is 5.41 Å². The van der Waals surface area contributed by atoms with E-state index in [1.54, 1.807) is 0 Å². The van der Waals surface area contributed by atoms with Crippen LogP contribution >= 0.6 is 23.2 Å². The summed E-state index contributed by atoms with van der Waals surface area (Å²) < 4.78 is 17.6. The van der Waals surface area contributed by atoms with Gasteiger partial charge in [0.1, 0.15) is 11.6 Å². The number of carbonyl (C=O) groups is 3.